The molecule has 0 saturated heterocycles. The minimum Gasteiger partial charge on any atom is -0.508 e. The number of aryl methyl sites for hydroxylation is 1. The van der Waals surface area contributed by atoms with Gasteiger partial charge in [-0.05, 0) is 54.5 Å². The minimum atomic E-state index is 0.375. The first kappa shape index (κ1) is 9.53. The first-order valence-corrected chi connectivity index (χ1v) is 5.24. The molecule has 0 heterocycles. The molecule has 0 spiro atoms. The Balaban J connectivity index is 2.33. The Labute approximate surface area is 84.7 Å². The van der Waals surface area contributed by atoms with Gasteiger partial charge in [-0.2, -0.15) is 0 Å². The summed E-state index contributed by atoms with van der Waals surface area (Å²) in [7, 11) is 0. The zero-order valence-electron chi connectivity index (χ0n) is 8.53. The Morgan fingerprint density at radius 1 is 1.57 bits per heavy atom. The van der Waals surface area contributed by atoms with Gasteiger partial charge >= 0.3 is 0 Å². The molecule has 0 fully saturated rings. The largest absolute Gasteiger partial charge is 0.508 e. The van der Waals surface area contributed by atoms with Gasteiger partial charge in [0.05, 0.1) is 0 Å². The third kappa shape index (κ3) is 1.50. The second-order valence-electron chi connectivity index (χ2n) is 4.24. The lowest BCUT2D eigenvalue weighted by Crippen LogP contribution is -2.17. The highest BCUT2D eigenvalue weighted by molar-refractivity contribution is 5.40. The molecule has 1 aromatic rings. The van der Waals surface area contributed by atoms with Gasteiger partial charge in [0.1, 0.15) is 5.75 Å². The molecule has 2 atom stereocenters. The van der Waals surface area contributed by atoms with Crippen LogP contribution < -0.4 is 5.73 Å². The van der Waals surface area contributed by atoms with Crippen LogP contribution in [0.4, 0.5) is 0 Å². The molecule has 76 valence electrons. The van der Waals surface area contributed by atoms with Crippen LogP contribution in [0.1, 0.15) is 30.4 Å². The van der Waals surface area contributed by atoms with Crippen LogP contribution in [0.5, 0.6) is 5.75 Å². The molecule has 0 bridgehead atoms. The molecule has 0 aliphatic heterocycles. The molecule has 2 heteroatoms. The van der Waals surface area contributed by atoms with Gasteiger partial charge in [0.2, 0.25) is 0 Å². The van der Waals surface area contributed by atoms with Crippen molar-refractivity contribution in [2.24, 2.45) is 11.7 Å². The molecule has 2 unspecified atom stereocenters. The van der Waals surface area contributed by atoms with Crippen LogP contribution in [0, 0.1) is 5.92 Å². The number of nitrogens with two attached hydrogens (primary N) is 1. The predicted molar refractivity (Wildman–Crippen MR) is 57.4 cm³/mol. The summed E-state index contributed by atoms with van der Waals surface area (Å²) < 4.78 is 0. The van der Waals surface area contributed by atoms with E-state index in [4.69, 9.17) is 5.73 Å². The van der Waals surface area contributed by atoms with Crippen LogP contribution in [0.2, 0.25) is 0 Å². The van der Waals surface area contributed by atoms with Crippen LogP contribution in [-0.2, 0) is 6.42 Å². The van der Waals surface area contributed by atoms with E-state index in [0.717, 1.165) is 13.0 Å². The van der Waals surface area contributed by atoms with Crippen LogP contribution in [0.3, 0.4) is 0 Å². The van der Waals surface area contributed by atoms with E-state index in [1.165, 1.54) is 17.5 Å². The maximum Gasteiger partial charge on any atom is 0.115 e. The van der Waals surface area contributed by atoms with Crippen molar-refractivity contribution < 1.29 is 5.11 Å². The van der Waals surface area contributed by atoms with Crippen LogP contribution >= 0.6 is 0 Å². The average Bonchev–Trinajstić information content (AvgIpc) is 2.59. The quantitative estimate of drug-likeness (QED) is 0.751. The van der Waals surface area contributed by atoms with Gasteiger partial charge in [0, 0.05) is 0 Å². The molecular weight excluding hydrogens is 174 g/mol. The Hall–Kier alpha value is -1.02. The predicted octanol–water partition coefficient (Wildman–Crippen LogP) is 2.02. The van der Waals surface area contributed by atoms with Crippen molar-refractivity contribution in [2.75, 3.05) is 6.54 Å². The van der Waals surface area contributed by atoms with E-state index in [1.807, 2.05) is 12.1 Å². The third-order valence-corrected chi connectivity index (χ3v) is 3.31. The molecule has 2 rings (SSSR count). The fourth-order valence-electron chi connectivity index (χ4n) is 2.38. The first-order chi connectivity index (χ1) is 6.72. The summed E-state index contributed by atoms with van der Waals surface area (Å²) in [6.45, 7) is 2.91. The fraction of sp³-hybridized carbons (Fsp3) is 0.500. The summed E-state index contributed by atoms with van der Waals surface area (Å²) in [5.41, 5.74) is 8.38. The summed E-state index contributed by atoms with van der Waals surface area (Å²) in [4.78, 5) is 0. The van der Waals surface area contributed by atoms with Gasteiger partial charge in [-0.15, -0.1) is 0 Å². The Morgan fingerprint density at radius 2 is 2.36 bits per heavy atom. The molecule has 1 aromatic carbocycles. The van der Waals surface area contributed by atoms with Crippen molar-refractivity contribution in [2.45, 2.75) is 25.7 Å². The Morgan fingerprint density at radius 3 is 3.07 bits per heavy atom. The van der Waals surface area contributed by atoms with Gasteiger partial charge in [-0.3, -0.25) is 0 Å². The van der Waals surface area contributed by atoms with Crippen LogP contribution in [0.25, 0.3) is 0 Å². The molecule has 3 N–H and O–H groups in total. The molecule has 2 nitrogen and oxygen atoms in total. The summed E-state index contributed by atoms with van der Waals surface area (Å²) in [5, 5.41) is 9.44. The zero-order chi connectivity index (χ0) is 10.1. The number of aromatic hydroxyl groups is 1. The first-order valence-electron chi connectivity index (χ1n) is 5.24. The minimum absolute atomic E-state index is 0.375. The van der Waals surface area contributed by atoms with Crippen molar-refractivity contribution >= 4 is 0 Å². The van der Waals surface area contributed by atoms with Crippen LogP contribution in [-0.4, -0.2) is 11.7 Å². The normalized spacial score (nSPS) is 22.0. The van der Waals surface area contributed by atoms with Gasteiger partial charge in [-0.1, -0.05) is 13.0 Å². The monoisotopic (exact) mass is 191 g/mol. The summed E-state index contributed by atoms with van der Waals surface area (Å²) in [6.07, 6.45) is 2.31. The van der Waals surface area contributed by atoms with E-state index in [2.05, 4.69) is 6.92 Å². The fourth-order valence-corrected chi connectivity index (χ4v) is 2.38. The second kappa shape index (κ2) is 3.62. The van der Waals surface area contributed by atoms with Crippen molar-refractivity contribution in [1.82, 2.24) is 0 Å². The van der Waals surface area contributed by atoms with E-state index >= 15 is 0 Å². The number of benzene rings is 1. The van der Waals surface area contributed by atoms with E-state index in [-0.39, 0.29) is 0 Å². The lowest BCUT2D eigenvalue weighted by atomic mass is 9.89. The lowest BCUT2D eigenvalue weighted by Gasteiger charge is -2.18. The Bertz CT molecular complexity index is 335. The molecule has 0 amide bonds. The molecule has 14 heavy (non-hydrogen) atoms. The highest BCUT2D eigenvalue weighted by Gasteiger charge is 2.26. The second-order valence-corrected chi connectivity index (χ2v) is 4.24. The summed E-state index contributed by atoms with van der Waals surface area (Å²) in [5.74, 6) is 1.43. The molecular formula is C12H17NO. The number of hydrogen-bond donors (Lipinski definition) is 2. The zero-order valence-corrected chi connectivity index (χ0v) is 8.53. The molecule has 1 aliphatic rings. The maximum absolute atomic E-state index is 9.44. The maximum atomic E-state index is 9.44. The van der Waals surface area contributed by atoms with Crippen molar-refractivity contribution in [3.05, 3.63) is 29.3 Å². The number of fused-ring (bicyclic) bond motifs is 1. The van der Waals surface area contributed by atoms with E-state index in [9.17, 15) is 5.11 Å². The highest BCUT2D eigenvalue weighted by Crippen LogP contribution is 2.39. The van der Waals surface area contributed by atoms with Gasteiger partial charge in [0.25, 0.3) is 0 Å². The average molecular weight is 191 g/mol. The molecule has 0 radical (unpaired) electrons. The highest BCUT2D eigenvalue weighted by atomic mass is 16.3. The third-order valence-electron chi connectivity index (χ3n) is 3.31. The van der Waals surface area contributed by atoms with E-state index in [1.54, 1.807) is 6.07 Å². The number of rotatable bonds is 2. The topological polar surface area (TPSA) is 46.2 Å². The summed E-state index contributed by atoms with van der Waals surface area (Å²) >= 11 is 0. The van der Waals surface area contributed by atoms with Crippen LogP contribution in [0.15, 0.2) is 18.2 Å². The standard InChI is InChI=1S/C12H17NO/c1-8(7-13)11-5-3-9-2-4-10(14)6-12(9)11/h2,4,6,8,11,14H,3,5,7,13H2,1H3. The molecule has 1 aliphatic carbocycles. The van der Waals surface area contributed by atoms with Crippen molar-refractivity contribution in [1.29, 1.82) is 0 Å². The van der Waals surface area contributed by atoms with Crippen molar-refractivity contribution in [3.8, 4) is 5.75 Å². The molecule has 0 saturated carbocycles. The van der Waals surface area contributed by atoms with Crippen molar-refractivity contribution in [3.63, 3.8) is 0 Å². The number of phenolic OH excluding ortho intramolecular Hbond substituents is 1. The van der Waals surface area contributed by atoms with E-state index < -0.39 is 0 Å². The SMILES string of the molecule is CC(CN)C1CCc2ccc(O)cc21. The summed E-state index contributed by atoms with van der Waals surface area (Å²) in [6, 6.07) is 5.71. The van der Waals surface area contributed by atoms with Gasteiger partial charge < -0.3 is 10.8 Å². The number of hydrogen-bond acceptors (Lipinski definition) is 2. The smallest absolute Gasteiger partial charge is 0.115 e. The lowest BCUT2D eigenvalue weighted by molar-refractivity contribution is 0.456. The van der Waals surface area contributed by atoms with E-state index in [0.29, 0.717) is 17.6 Å². The molecule has 0 aromatic heterocycles. The van der Waals surface area contributed by atoms with Gasteiger partial charge in [0.15, 0.2) is 0 Å². The number of phenols is 1. The van der Waals surface area contributed by atoms with Gasteiger partial charge in [-0.25, -0.2) is 0 Å². The Kier molecular flexibility index (Phi) is 2.46.